The highest BCUT2D eigenvalue weighted by Gasteiger charge is 2.21. The van der Waals surface area contributed by atoms with Crippen molar-refractivity contribution < 1.29 is 5.11 Å². The molecule has 0 spiro atoms. The van der Waals surface area contributed by atoms with Crippen LogP contribution in [0.15, 0.2) is 42.5 Å². The second-order valence-electron chi connectivity index (χ2n) is 7.09. The van der Waals surface area contributed by atoms with Crippen LogP contribution in [-0.4, -0.2) is 40.3 Å². The smallest absolute Gasteiger partial charge is 0.125 e. The molecule has 4 nitrogen and oxygen atoms in total. The van der Waals surface area contributed by atoms with Crippen molar-refractivity contribution in [3.8, 4) is 17.0 Å². The Hall–Kier alpha value is -2.46. The Kier molecular flexibility index (Phi) is 4.14. The quantitative estimate of drug-likeness (QED) is 0.766. The van der Waals surface area contributed by atoms with Crippen LogP contribution in [0.4, 0.5) is 0 Å². The standard InChI is InChI=1S/C21H23N3O/c1-14-6-3-10-19(25)20(14)18-12-15-7-4-9-17(21(15)23-22-18)16-8-5-11-24(2)13-16/h3-4,6-7,9-10,12,16,25H,5,8,11,13H2,1-2H3/t16-/m0/s1. The molecule has 0 unspecified atom stereocenters. The average molecular weight is 333 g/mol. The fraction of sp³-hybridized carbons (Fsp3) is 0.333. The summed E-state index contributed by atoms with van der Waals surface area (Å²) in [7, 11) is 2.18. The molecule has 1 aliphatic rings. The van der Waals surface area contributed by atoms with E-state index >= 15 is 0 Å². The predicted molar refractivity (Wildman–Crippen MR) is 101 cm³/mol. The van der Waals surface area contributed by atoms with E-state index < -0.39 is 0 Å². The number of phenols is 1. The molecule has 0 amide bonds. The number of aromatic hydroxyl groups is 1. The number of benzene rings is 2. The number of fused-ring (bicyclic) bond motifs is 1. The first-order valence-electron chi connectivity index (χ1n) is 8.87. The number of phenolic OH excluding ortho intramolecular Hbond substituents is 1. The van der Waals surface area contributed by atoms with Crippen LogP contribution in [0.25, 0.3) is 22.2 Å². The molecular formula is C21H23N3O. The summed E-state index contributed by atoms with van der Waals surface area (Å²) in [6, 6.07) is 13.9. The summed E-state index contributed by atoms with van der Waals surface area (Å²) in [5.74, 6) is 0.758. The first-order chi connectivity index (χ1) is 12.1. The molecule has 1 atom stereocenters. The zero-order valence-corrected chi connectivity index (χ0v) is 14.7. The first-order valence-corrected chi connectivity index (χ1v) is 8.87. The molecule has 1 aliphatic heterocycles. The molecule has 0 aliphatic carbocycles. The Morgan fingerprint density at radius 1 is 1.12 bits per heavy atom. The minimum Gasteiger partial charge on any atom is -0.507 e. The van der Waals surface area contributed by atoms with Gasteiger partial charge in [-0.1, -0.05) is 30.3 Å². The molecule has 1 aromatic heterocycles. The number of likely N-dealkylation sites (tertiary alicyclic amines) is 1. The molecule has 1 saturated heterocycles. The number of hydrogen-bond acceptors (Lipinski definition) is 4. The zero-order chi connectivity index (χ0) is 17.4. The van der Waals surface area contributed by atoms with Gasteiger partial charge in [0.25, 0.3) is 0 Å². The minimum absolute atomic E-state index is 0.249. The van der Waals surface area contributed by atoms with E-state index in [0.29, 0.717) is 5.92 Å². The minimum atomic E-state index is 0.249. The van der Waals surface area contributed by atoms with Crippen LogP contribution in [0, 0.1) is 6.92 Å². The van der Waals surface area contributed by atoms with Crippen molar-refractivity contribution in [1.29, 1.82) is 0 Å². The topological polar surface area (TPSA) is 49.2 Å². The predicted octanol–water partition coefficient (Wildman–Crippen LogP) is 4.12. The van der Waals surface area contributed by atoms with Crippen LogP contribution in [-0.2, 0) is 0 Å². The van der Waals surface area contributed by atoms with Crippen molar-refractivity contribution in [2.75, 3.05) is 20.1 Å². The van der Waals surface area contributed by atoms with E-state index in [1.54, 1.807) is 6.07 Å². The van der Waals surface area contributed by atoms with Gasteiger partial charge in [-0.15, -0.1) is 10.2 Å². The van der Waals surface area contributed by atoms with Gasteiger partial charge in [-0.2, -0.15) is 0 Å². The highest BCUT2D eigenvalue weighted by atomic mass is 16.3. The van der Waals surface area contributed by atoms with Gasteiger partial charge in [0.2, 0.25) is 0 Å². The summed E-state index contributed by atoms with van der Waals surface area (Å²) < 4.78 is 0. The Labute approximate surface area is 148 Å². The molecule has 25 heavy (non-hydrogen) atoms. The second kappa shape index (κ2) is 6.45. The molecule has 0 saturated carbocycles. The summed E-state index contributed by atoms with van der Waals surface area (Å²) in [5.41, 5.74) is 4.76. The third kappa shape index (κ3) is 2.98. The molecule has 4 heteroatoms. The van der Waals surface area contributed by atoms with Crippen molar-refractivity contribution in [2.45, 2.75) is 25.7 Å². The van der Waals surface area contributed by atoms with Gasteiger partial charge in [0.1, 0.15) is 5.75 Å². The lowest BCUT2D eigenvalue weighted by molar-refractivity contribution is 0.251. The summed E-state index contributed by atoms with van der Waals surface area (Å²) >= 11 is 0. The largest absolute Gasteiger partial charge is 0.507 e. The van der Waals surface area contributed by atoms with Crippen LogP contribution >= 0.6 is 0 Å². The van der Waals surface area contributed by atoms with Gasteiger partial charge in [0.15, 0.2) is 0 Å². The Morgan fingerprint density at radius 2 is 1.96 bits per heavy atom. The van der Waals surface area contributed by atoms with Gasteiger partial charge in [-0.05, 0) is 62.5 Å². The summed E-state index contributed by atoms with van der Waals surface area (Å²) in [6.07, 6.45) is 2.42. The van der Waals surface area contributed by atoms with E-state index in [4.69, 9.17) is 0 Å². The van der Waals surface area contributed by atoms with E-state index in [1.165, 1.54) is 24.9 Å². The number of nitrogens with zero attached hydrogens (tertiary/aromatic N) is 3. The maximum Gasteiger partial charge on any atom is 0.125 e. The van der Waals surface area contributed by atoms with Crippen LogP contribution in [0.3, 0.4) is 0 Å². The lowest BCUT2D eigenvalue weighted by Crippen LogP contribution is -2.30. The van der Waals surface area contributed by atoms with Gasteiger partial charge in [0, 0.05) is 17.5 Å². The highest BCUT2D eigenvalue weighted by Crippen LogP contribution is 2.34. The van der Waals surface area contributed by atoms with Crippen LogP contribution < -0.4 is 0 Å². The van der Waals surface area contributed by atoms with Crippen LogP contribution in [0.2, 0.25) is 0 Å². The number of likely N-dealkylation sites (N-methyl/N-ethyl adjacent to an activating group) is 1. The Balaban J connectivity index is 1.80. The van der Waals surface area contributed by atoms with Crippen molar-refractivity contribution in [3.63, 3.8) is 0 Å². The Bertz CT molecular complexity index is 902. The number of piperidine rings is 1. The normalized spacial score (nSPS) is 18.6. The summed E-state index contributed by atoms with van der Waals surface area (Å²) in [5, 5.41) is 20.3. The van der Waals surface area contributed by atoms with Gasteiger partial charge < -0.3 is 10.0 Å². The fourth-order valence-electron chi connectivity index (χ4n) is 3.95. The second-order valence-corrected chi connectivity index (χ2v) is 7.09. The van der Waals surface area contributed by atoms with E-state index in [9.17, 15) is 5.11 Å². The molecule has 0 radical (unpaired) electrons. The summed E-state index contributed by atoms with van der Waals surface area (Å²) in [6.45, 7) is 4.22. The molecule has 2 heterocycles. The van der Waals surface area contributed by atoms with Crippen molar-refractivity contribution in [2.24, 2.45) is 0 Å². The van der Waals surface area contributed by atoms with E-state index in [0.717, 1.165) is 34.3 Å². The van der Waals surface area contributed by atoms with E-state index in [1.807, 2.05) is 25.1 Å². The maximum atomic E-state index is 10.2. The van der Waals surface area contributed by atoms with Crippen LogP contribution in [0.1, 0.15) is 29.9 Å². The molecule has 1 N–H and O–H groups in total. The first kappa shape index (κ1) is 16.0. The monoisotopic (exact) mass is 333 g/mol. The molecule has 4 rings (SSSR count). The third-order valence-electron chi connectivity index (χ3n) is 5.22. The van der Waals surface area contributed by atoms with Crippen molar-refractivity contribution in [1.82, 2.24) is 15.1 Å². The number of aryl methyl sites for hydroxylation is 1. The molecule has 128 valence electrons. The van der Waals surface area contributed by atoms with Crippen LogP contribution in [0.5, 0.6) is 5.75 Å². The lowest BCUT2D eigenvalue weighted by atomic mass is 9.89. The maximum absolute atomic E-state index is 10.2. The highest BCUT2D eigenvalue weighted by molar-refractivity contribution is 5.86. The molecule has 3 aromatic rings. The third-order valence-corrected chi connectivity index (χ3v) is 5.22. The molecular weight excluding hydrogens is 310 g/mol. The average Bonchev–Trinajstić information content (AvgIpc) is 2.61. The van der Waals surface area contributed by atoms with E-state index in [-0.39, 0.29) is 5.75 Å². The van der Waals surface area contributed by atoms with Gasteiger partial charge in [-0.25, -0.2) is 0 Å². The van der Waals surface area contributed by atoms with Gasteiger partial charge in [-0.3, -0.25) is 0 Å². The zero-order valence-electron chi connectivity index (χ0n) is 14.7. The van der Waals surface area contributed by atoms with Gasteiger partial charge in [0.05, 0.1) is 11.2 Å². The Morgan fingerprint density at radius 3 is 2.76 bits per heavy atom. The van der Waals surface area contributed by atoms with Crippen molar-refractivity contribution >= 4 is 10.9 Å². The molecule has 2 aromatic carbocycles. The van der Waals surface area contributed by atoms with E-state index in [2.05, 4.69) is 40.3 Å². The fourth-order valence-corrected chi connectivity index (χ4v) is 3.95. The lowest BCUT2D eigenvalue weighted by Gasteiger charge is -2.30. The molecule has 0 bridgehead atoms. The number of aromatic nitrogens is 2. The van der Waals surface area contributed by atoms with Gasteiger partial charge >= 0.3 is 0 Å². The number of hydrogen-bond donors (Lipinski definition) is 1. The number of rotatable bonds is 2. The summed E-state index contributed by atoms with van der Waals surface area (Å²) in [4.78, 5) is 2.39. The molecule has 1 fully saturated rings. The van der Waals surface area contributed by atoms with Crippen molar-refractivity contribution in [3.05, 3.63) is 53.6 Å². The SMILES string of the molecule is Cc1cccc(O)c1-c1cc2cccc([C@H]3CCCN(C)C3)c2nn1.